The van der Waals surface area contributed by atoms with Gasteiger partial charge in [0.05, 0.1) is 6.10 Å². The first-order valence-corrected chi connectivity index (χ1v) is 8.42. The first-order valence-electron chi connectivity index (χ1n) is 8.42. The molecular formula is C16H32N2O. The molecule has 19 heavy (non-hydrogen) atoms. The highest BCUT2D eigenvalue weighted by atomic mass is 16.5. The van der Waals surface area contributed by atoms with Gasteiger partial charge in [-0.3, -0.25) is 4.90 Å². The summed E-state index contributed by atoms with van der Waals surface area (Å²) >= 11 is 0. The Morgan fingerprint density at radius 3 is 2.84 bits per heavy atom. The summed E-state index contributed by atoms with van der Waals surface area (Å²) in [6.07, 6.45) is 9.50. The van der Waals surface area contributed by atoms with Gasteiger partial charge in [-0.15, -0.1) is 0 Å². The van der Waals surface area contributed by atoms with Crippen LogP contribution in [0.2, 0.25) is 0 Å². The molecule has 3 atom stereocenters. The van der Waals surface area contributed by atoms with E-state index in [1.54, 1.807) is 0 Å². The zero-order valence-electron chi connectivity index (χ0n) is 12.9. The smallest absolute Gasteiger partial charge is 0.0587 e. The molecular weight excluding hydrogens is 236 g/mol. The molecule has 112 valence electrons. The van der Waals surface area contributed by atoms with E-state index < -0.39 is 0 Å². The van der Waals surface area contributed by atoms with Crippen molar-refractivity contribution >= 4 is 0 Å². The number of nitrogens with zero attached hydrogens (tertiary/aromatic N) is 1. The van der Waals surface area contributed by atoms with Crippen LogP contribution in [0.15, 0.2) is 0 Å². The Balaban J connectivity index is 1.87. The molecule has 2 aliphatic heterocycles. The summed E-state index contributed by atoms with van der Waals surface area (Å²) < 4.78 is 5.84. The Bertz CT molecular complexity index is 241. The maximum absolute atomic E-state index is 5.84. The molecule has 3 heteroatoms. The lowest BCUT2D eigenvalue weighted by molar-refractivity contribution is -0.0299. The summed E-state index contributed by atoms with van der Waals surface area (Å²) in [5.41, 5.74) is 0. The minimum atomic E-state index is 0.499. The minimum Gasteiger partial charge on any atom is -0.378 e. The van der Waals surface area contributed by atoms with Crippen molar-refractivity contribution in [3.05, 3.63) is 0 Å². The van der Waals surface area contributed by atoms with Crippen molar-refractivity contribution in [1.82, 2.24) is 10.2 Å². The summed E-state index contributed by atoms with van der Waals surface area (Å²) in [5, 5.41) is 3.65. The van der Waals surface area contributed by atoms with Gasteiger partial charge in [-0.05, 0) is 51.6 Å². The van der Waals surface area contributed by atoms with Crippen molar-refractivity contribution in [2.45, 2.75) is 77.0 Å². The summed E-state index contributed by atoms with van der Waals surface area (Å²) in [4.78, 5) is 2.76. The quantitative estimate of drug-likeness (QED) is 0.768. The zero-order valence-corrected chi connectivity index (χ0v) is 12.9. The Hall–Kier alpha value is -0.120. The molecule has 0 saturated carbocycles. The van der Waals surface area contributed by atoms with Crippen molar-refractivity contribution in [2.24, 2.45) is 0 Å². The topological polar surface area (TPSA) is 24.5 Å². The standard InChI is InChI=1S/C16H32N2O/c1-3-5-10-18(13-14-7-6-9-17-14)15-8-11-19-16(4-2)12-15/h14-17H,3-13H2,1-2H3. The fraction of sp³-hybridized carbons (Fsp3) is 1.00. The van der Waals surface area contributed by atoms with E-state index in [1.807, 2.05) is 0 Å². The van der Waals surface area contributed by atoms with Crippen LogP contribution in [-0.4, -0.2) is 49.3 Å². The van der Waals surface area contributed by atoms with E-state index in [1.165, 1.54) is 64.6 Å². The van der Waals surface area contributed by atoms with Gasteiger partial charge in [0.15, 0.2) is 0 Å². The largest absolute Gasteiger partial charge is 0.378 e. The van der Waals surface area contributed by atoms with Crippen molar-refractivity contribution in [3.63, 3.8) is 0 Å². The first kappa shape index (κ1) is 15.3. The SMILES string of the molecule is CCCCN(CC1CCCN1)C1CCOC(CC)C1. The summed E-state index contributed by atoms with van der Waals surface area (Å²) in [6, 6.07) is 1.49. The normalized spacial score (nSPS) is 32.1. The van der Waals surface area contributed by atoms with Gasteiger partial charge in [0.2, 0.25) is 0 Å². The molecule has 0 aliphatic carbocycles. The van der Waals surface area contributed by atoms with E-state index in [0.717, 1.165) is 18.7 Å². The van der Waals surface area contributed by atoms with Crippen molar-refractivity contribution in [2.75, 3.05) is 26.2 Å². The lowest BCUT2D eigenvalue weighted by Gasteiger charge is -2.38. The van der Waals surface area contributed by atoms with Gasteiger partial charge in [-0.25, -0.2) is 0 Å². The second-order valence-electron chi connectivity index (χ2n) is 6.22. The van der Waals surface area contributed by atoms with Crippen LogP contribution >= 0.6 is 0 Å². The Morgan fingerprint density at radius 1 is 1.26 bits per heavy atom. The maximum atomic E-state index is 5.84. The van der Waals surface area contributed by atoms with Crippen molar-refractivity contribution in [1.29, 1.82) is 0 Å². The fourth-order valence-corrected chi connectivity index (χ4v) is 3.46. The number of ether oxygens (including phenoxy) is 1. The summed E-state index contributed by atoms with van der Waals surface area (Å²) in [5.74, 6) is 0. The highest BCUT2D eigenvalue weighted by molar-refractivity contribution is 4.84. The third-order valence-corrected chi connectivity index (χ3v) is 4.73. The Kier molecular flexibility index (Phi) is 6.62. The van der Waals surface area contributed by atoms with Crippen LogP contribution in [0.4, 0.5) is 0 Å². The second-order valence-corrected chi connectivity index (χ2v) is 6.22. The molecule has 1 N–H and O–H groups in total. The van der Waals surface area contributed by atoms with Crippen LogP contribution in [0.25, 0.3) is 0 Å². The van der Waals surface area contributed by atoms with Crippen LogP contribution < -0.4 is 5.32 Å². The molecule has 0 bridgehead atoms. The van der Waals surface area contributed by atoms with E-state index in [-0.39, 0.29) is 0 Å². The molecule has 2 fully saturated rings. The van der Waals surface area contributed by atoms with E-state index in [9.17, 15) is 0 Å². The molecule has 0 spiro atoms. The van der Waals surface area contributed by atoms with Crippen molar-refractivity contribution in [3.8, 4) is 0 Å². The van der Waals surface area contributed by atoms with Gasteiger partial charge in [-0.1, -0.05) is 20.3 Å². The maximum Gasteiger partial charge on any atom is 0.0587 e. The monoisotopic (exact) mass is 268 g/mol. The zero-order chi connectivity index (χ0) is 13.5. The predicted octanol–water partition coefficient (Wildman–Crippen LogP) is 2.80. The second kappa shape index (κ2) is 8.23. The predicted molar refractivity (Wildman–Crippen MR) is 80.6 cm³/mol. The first-order chi connectivity index (χ1) is 9.33. The number of hydrogen-bond acceptors (Lipinski definition) is 3. The molecule has 2 heterocycles. The third-order valence-electron chi connectivity index (χ3n) is 4.73. The minimum absolute atomic E-state index is 0.499. The number of rotatable bonds is 7. The highest BCUT2D eigenvalue weighted by Crippen LogP contribution is 2.22. The molecule has 0 aromatic heterocycles. The molecule has 0 aromatic carbocycles. The van der Waals surface area contributed by atoms with Crippen LogP contribution in [0.1, 0.15) is 58.8 Å². The molecule has 3 unspecified atom stereocenters. The van der Waals surface area contributed by atoms with Gasteiger partial charge < -0.3 is 10.1 Å². The summed E-state index contributed by atoms with van der Waals surface area (Å²) in [6.45, 7) is 9.26. The van der Waals surface area contributed by atoms with E-state index in [4.69, 9.17) is 4.74 Å². The van der Waals surface area contributed by atoms with Crippen LogP contribution in [0.3, 0.4) is 0 Å². The molecule has 2 aliphatic rings. The molecule has 3 nitrogen and oxygen atoms in total. The van der Waals surface area contributed by atoms with Gasteiger partial charge in [0, 0.05) is 25.2 Å². The van der Waals surface area contributed by atoms with Crippen LogP contribution in [-0.2, 0) is 4.74 Å². The highest BCUT2D eigenvalue weighted by Gasteiger charge is 2.28. The lowest BCUT2D eigenvalue weighted by Crippen LogP contribution is -2.47. The Labute approximate surface area is 119 Å². The van der Waals surface area contributed by atoms with Gasteiger partial charge in [-0.2, -0.15) is 0 Å². The number of unbranched alkanes of at least 4 members (excludes halogenated alkanes) is 1. The lowest BCUT2D eigenvalue weighted by atomic mass is 9.99. The van der Waals surface area contributed by atoms with E-state index in [2.05, 4.69) is 24.1 Å². The van der Waals surface area contributed by atoms with Crippen molar-refractivity contribution < 1.29 is 4.74 Å². The Morgan fingerprint density at radius 2 is 2.16 bits per heavy atom. The van der Waals surface area contributed by atoms with Crippen LogP contribution in [0, 0.1) is 0 Å². The van der Waals surface area contributed by atoms with Gasteiger partial charge in [0.25, 0.3) is 0 Å². The molecule has 0 radical (unpaired) electrons. The average Bonchev–Trinajstić information content (AvgIpc) is 2.96. The van der Waals surface area contributed by atoms with E-state index in [0.29, 0.717) is 6.10 Å². The van der Waals surface area contributed by atoms with E-state index >= 15 is 0 Å². The number of nitrogens with one attached hydrogen (secondary N) is 1. The summed E-state index contributed by atoms with van der Waals surface area (Å²) in [7, 11) is 0. The molecule has 2 rings (SSSR count). The molecule has 0 aromatic rings. The average molecular weight is 268 g/mol. The fourth-order valence-electron chi connectivity index (χ4n) is 3.46. The van der Waals surface area contributed by atoms with Crippen LogP contribution in [0.5, 0.6) is 0 Å². The molecule has 0 amide bonds. The third kappa shape index (κ3) is 4.73. The van der Waals surface area contributed by atoms with Gasteiger partial charge >= 0.3 is 0 Å². The van der Waals surface area contributed by atoms with Gasteiger partial charge in [0.1, 0.15) is 0 Å². The molecule has 2 saturated heterocycles. The number of hydrogen-bond donors (Lipinski definition) is 1.